The van der Waals surface area contributed by atoms with Crippen LogP contribution in [0.3, 0.4) is 0 Å². The van der Waals surface area contributed by atoms with Crippen LogP contribution >= 0.6 is 0 Å². The zero-order valence-corrected chi connectivity index (χ0v) is 12.2. The van der Waals surface area contributed by atoms with Gasteiger partial charge in [0.25, 0.3) is 0 Å². The first-order chi connectivity index (χ1) is 10.1. The predicted octanol–water partition coefficient (Wildman–Crippen LogP) is 1.49. The van der Waals surface area contributed by atoms with E-state index in [0.717, 1.165) is 0 Å². The van der Waals surface area contributed by atoms with Gasteiger partial charge in [0.05, 0.1) is 12.6 Å². The maximum absolute atomic E-state index is 12.0. The molecule has 0 aromatic carbocycles. The second-order valence-corrected chi connectivity index (χ2v) is 4.41. The summed E-state index contributed by atoms with van der Waals surface area (Å²) < 4.78 is 7.10. The Hall–Kier alpha value is -2.64. The van der Waals surface area contributed by atoms with Gasteiger partial charge >= 0.3 is 6.03 Å². The van der Waals surface area contributed by atoms with Gasteiger partial charge in [0, 0.05) is 13.2 Å². The average molecular weight is 290 g/mol. The molecule has 0 saturated heterocycles. The van der Waals surface area contributed by atoms with Gasteiger partial charge in [0.15, 0.2) is 5.82 Å². The quantitative estimate of drug-likeness (QED) is 0.870. The molecule has 8 nitrogen and oxygen atoms in total. The van der Waals surface area contributed by atoms with Crippen molar-refractivity contribution >= 4 is 11.7 Å². The lowest BCUT2D eigenvalue weighted by Gasteiger charge is -2.15. The number of hydrogen-bond acceptors (Lipinski definition) is 5. The largest absolute Gasteiger partial charge is 0.476 e. The molecule has 0 bridgehead atoms. The standard InChI is InChI=1S/C13H18N6O2/c1-4-21-12-10(6-5-7-14-12)17-13(20)16-9(2)11-18-15-8-19(11)3/h5-9H,4H2,1-3H3,(H2,16,17,20)/t9-/m1/s1. The first-order valence-electron chi connectivity index (χ1n) is 6.61. The molecule has 2 N–H and O–H groups in total. The number of aromatic nitrogens is 4. The predicted molar refractivity (Wildman–Crippen MR) is 77.0 cm³/mol. The number of carbonyl (C=O) groups excluding carboxylic acids is 1. The van der Waals surface area contributed by atoms with Gasteiger partial charge in [-0.3, -0.25) is 0 Å². The minimum Gasteiger partial charge on any atom is -0.476 e. The third-order valence-corrected chi connectivity index (χ3v) is 2.78. The third-order valence-electron chi connectivity index (χ3n) is 2.78. The second kappa shape index (κ2) is 6.69. The average Bonchev–Trinajstić information content (AvgIpc) is 2.87. The van der Waals surface area contributed by atoms with Crippen LogP contribution < -0.4 is 15.4 Å². The molecule has 0 spiro atoms. The van der Waals surface area contributed by atoms with Crippen LogP contribution in [0.2, 0.25) is 0 Å². The topological polar surface area (TPSA) is 94.0 Å². The van der Waals surface area contributed by atoms with E-state index in [1.807, 2.05) is 20.9 Å². The van der Waals surface area contributed by atoms with Gasteiger partial charge < -0.3 is 19.9 Å². The number of rotatable bonds is 5. The van der Waals surface area contributed by atoms with Gasteiger partial charge in [0.1, 0.15) is 12.0 Å². The van der Waals surface area contributed by atoms with Gasteiger partial charge in [-0.05, 0) is 26.0 Å². The van der Waals surface area contributed by atoms with Crippen LogP contribution in [0.5, 0.6) is 5.88 Å². The molecule has 0 aliphatic heterocycles. The summed E-state index contributed by atoms with van der Waals surface area (Å²) in [5, 5.41) is 13.2. The van der Waals surface area contributed by atoms with E-state index in [1.165, 1.54) is 0 Å². The zero-order chi connectivity index (χ0) is 15.2. The number of hydrogen-bond donors (Lipinski definition) is 2. The molecule has 0 fully saturated rings. The SMILES string of the molecule is CCOc1ncccc1NC(=O)N[C@H](C)c1nncn1C. The zero-order valence-electron chi connectivity index (χ0n) is 12.2. The van der Waals surface area contributed by atoms with Gasteiger partial charge in [-0.15, -0.1) is 10.2 Å². The molecule has 112 valence electrons. The van der Waals surface area contributed by atoms with Crippen molar-refractivity contribution in [3.63, 3.8) is 0 Å². The molecule has 0 aliphatic rings. The number of urea groups is 1. The fourth-order valence-corrected chi connectivity index (χ4v) is 1.84. The highest BCUT2D eigenvalue weighted by atomic mass is 16.5. The normalized spacial score (nSPS) is 11.8. The number of anilines is 1. The molecule has 0 saturated carbocycles. The third kappa shape index (κ3) is 3.68. The first-order valence-corrected chi connectivity index (χ1v) is 6.61. The lowest BCUT2D eigenvalue weighted by molar-refractivity contribution is 0.248. The minimum absolute atomic E-state index is 0.273. The molecule has 2 aromatic rings. The lowest BCUT2D eigenvalue weighted by Crippen LogP contribution is -2.32. The van der Waals surface area contributed by atoms with Crippen LogP contribution in [0.1, 0.15) is 25.7 Å². The smallest absolute Gasteiger partial charge is 0.319 e. The van der Waals surface area contributed by atoms with Crippen molar-refractivity contribution in [3.8, 4) is 5.88 Å². The number of pyridine rings is 1. The van der Waals surface area contributed by atoms with Crippen LogP contribution in [0.25, 0.3) is 0 Å². The lowest BCUT2D eigenvalue weighted by atomic mass is 10.3. The Balaban J connectivity index is 2.00. The summed E-state index contributed by atoms with van der Waals surface area (Å²) in [4.78, 5) is 16.1. The highest BCUT2D eigenvalue weighted by Gasteiger charge is 2.15. The van der Waals surface area contributed by atoms with Crippen molar-refractivity contribution < 1.29 is 9.53 Å². The Morgan fingerprint density at radius 2 is 2.33 bits per heavy atom. The Morgan fingerprint density at radius 3 is 3.00 bits per heavy atom. The molecule has 8 heteroatoms. The molecule has 1 atom stereocenters. The summed E-state index contributed by atoms with van der Waals surface area (Å²) in [7, 11) is 1.82. The molecule has 0 unspecified atom stereocenters. The van der Waals surface area contributed by atoms with E-state index in [1.54, 1.807) is 29.2 Å². The summed E-state index contributed by atoms with van der Waals surface area (Å²) in [5.74, 6) is 1.06. The fourth-order valence-electron chi connectivity index (χ4n) is 1.84. The van der Waals surface area contributed by atoms with Crippen LogP contribution in [-0.4, -0.2) is 32.4 Å². The number of amides is 2. The van der Waals surface area contributed by atoms with Crippen molar-refractivity contribution in [1.82, 2.24) is 25.1 Å². The van der Waals surface area contributed by atoms with E-state index in [-0.39, 0.29) is 12.1 Å². The second-order valence-electron chi connectivity index (χ2n) is 4.41. The van der Waals surface area contributed by atoms with Gasteiger partial charge in [0.2, 0.25) is 5.88 Å². The number of carbonyl (C=O) groups is 1. The van der Waals surface area contributed by atoms with Gasteiger partial charge in [-0.1, -0.05) is 0 Å². The molecule has 2 rings (SSSR count). The summed E-state index contributed by atoms with van der Waals surface area (Å²) in [6.07, 6.45) is 3.19. The van der Waals surface area contributed by atoms with Crippen molar-refractivity contribution in [2.75, 3.05) is 11.9 Å². The van der Waals surface area contributed by atoms with Crippen LogP contribution in [-0.2, 0) is 7.05 Å². The Kier molecular flexibility index (Phi) is 4.70. The molecule has 21 heavy (non-hydrogen) atoms. The van der Waals surface area contributed by atoms with E-state index >= 15 is 0 Å². The molecule has 2 aromatic heterocycles. The van der Waals surface area contributed by atoms with E-state index in [0.29, 0.717) is 24.0 Å². The minimum atomic E-state index is -0.362. The maximum atomic E-state index is 12.0. The Bertz CT molecular complexity index is 612. The summed E-state index contributed by atoms with van der Waals surface area (Å²) in [5.41, 5.74) is 0.516. The molecule has 0 radical (unpaired) electrons. The highest BCUT2D eigenvalue weighted by molar-refractivity contribution is 5.90. The number of ether oxygens (including phenoxy) is 1. The Morgan fingerprint density at radius 1 is 1.52 bits per heavy atom. The molecule has 0 aliphatic carbocycles. The summed E-state index contributed by atoms with van der Waals surface area (Å²) in [6.45, 7) is 4.16. The summed E-state index contributed by atoms with van der Waals surface area (Å²) in [6, 6.07) is 2.82. The Labute approximate surface area is 122 Å². The monoisotopic (exact) mass is 290 g/mol. The van der Waals surface area contributed by atoms with Gasteiger partial charge in [-0.25, -0.2) is 9.78 Å². The summed E-state index contributed by atoms with van der Waals surface area (Å²) >= 11 is 0. The maximum Gasteiger partial charge on any atom is 0.319 e. The van der Waals surface area contributed by atoms with Crippen molar-refractivity contribution in [3.05, 3.63) is 30.5 Å². The van der Waals surface area contributed by atoms with Crippen molar-refractivity contribution in [2.24, 2.45) is 7.05 Å². The molecule has 2 amide bonds. The van der Waals surface area contributed by atoms with Crippen LogP contribution in [0.15, 0.2) is 24.7 Å². The fraction of sp³-hybridized carbons (Fsp3) is 0.385. The van der Waals surface area contributed by atoms with Crippen molar-refractivity contribution in [2.45, 2.75) is 19.9 Å². The van der Waals surface area contributed by atoms with E-state index < -0.39 is 0 Å². The molecule has 2 heterocycles. The number of aryl methyl sites for hydroxylation is 1. The number of nitrogens with zero attached hydrogens (tertiary/aromatic N) is 4. The molecular weight excluding hydrogens is 272 g/mol. The van der Waals surface area contributed by atoms with E-state index in [2.05, 4.69) is 25.8 Å². The van der Waals surface area contributed by atoms with E-state index in [9.17, 15) is 4.79 Å². The first kappa shape index (κ1) is 14.8. The molecular formula is C13H18N6O2. The van der Waals surface area contributed by atoms with Crippen LogP contribution in [0, 0.1) is 0 Å². The van der Waals surface area contributed by atoms with Crippen molar-refractivity contribution in [1.29, 1.82) is 0 Å². The van der Waals surface area contributed by atoms with Gasteiger partial charge in [-0.2, -0.15) is 0 Å². The van der Waals surface area contributed by atoms with E-state index in [4.69, 9.17) is 4.74 Å². The highest BCUT2D eigenvalue weighted by Crippen LogP contribution is 2.20. The van der Waals surface area contributed by atoms with Crippen LogP contribution in [0.4, 0.5) is 10.5 Å². The number of nitrogens with one attached hydrogen (secondary N) is 2.